The van der Waals surface area contributed by atoms with Crippen LogP contribution in [0.1, 0.15) is 47.0 Å². The number of aldehydes is 2. The molecule has 106 valence electrons. The summed E-state index contributed by atoms with van der Waals surface area (Å²) >= 11 is 0. The smallest absolute Gasteiger partial charge is 0.150 e. The molecule has 3 heteroatoms. The van der Waals surface area contributed by atoms with Gasteiger partial charge in [0, 0.05) is 39.0 Å². The Bertz CT molecular complexity index is 780. The fourth-order valence-corrected chi connectivity index (χ4v) is 2.89. The van der Waals surface area contributed by atoms with Crippen LogP contribution in [0.2, 0.25) is 0 Å². The molecule has 0 aliphatic heterocycles. The highest BCUT2D eigenvalue weighted by Gasteiger charge is 2.15. The fourth-order valence-electron chi connectivity index (χ4n) is 2.89. The predicted octanol–water partition coefficient (Wildman–Crippen LogP) is 4.39. The Morgan fingerprint density at radius 2 is 1.43 bits per heavy atom. The lowest BCUT2D eigenvalue weighted by Gasteiger charge is -2.14. The molecule has 0 amide bonds. The van der Waals surface area contributed by atoms with Crippen LogP contribution < -0.4 is 0 Å². The Morgan fingerprint density at radius 1 is 0.952 bits per heavy atom. The molecule has 0 N–H and O–H groups in total. The zero-order valence-electron chi connectivity index (χ0n) is 12.2. The quantitative estimate of drug-likeness (QED) is 0.664. The summed E-state index contributed by atoms with van der Waals surface area (Å²) in [5.41, 5.74) is 3.52. The Balaban J connectivity index is 2.47. The second kappa shape index (κ2) is 5.17. The molecule has 0 saturated carbocycles. The van der Waals surface area contributed by atoms with Crippen molar-refractivity contribution in [2.75, 3.05) is 0 Å². The molecule has 2 aromatic carbocycles. The molecule has 0 radical (unpaired) electrons. The predicted molar refractivity (Wildman–Crippen MR) is 85.2 cm³/mol. The fraction of sp³-hybridized carbons (Fsp3) is 0.222. The van der Waals surface area contributed by atoms with E-state index in [9.17, 15) is 9.59 Å². The summed E-state index contributed by atoms with van der Waals surface area (Å²) in [6.07, 6.45) is 2.73. The Kier molecular flexibility index (Phi) is 3.34. The van der Waals surface area contributed by atoms with Gasteiger partial charge in [0.05, 0.1) is 0 Å². The van der Waals surface area contributed by atoms with Crippen LogP contribution in [0.4, 0.5) is 0 Å². The third kappa shape index (κ3) is 2.05. The lowest BCUT2D eigenvalue weighted by atomic mass is 10.1. The highest BCUT2D eigenvalue weighted by molar-refractivity contribution is 6.10. The van der Waals surface area contributed by atoms with Gasteiger partial charge >= 0.3 is 0 Å². The van der Waals surface area contributed by atoms with Gasteiger partial charge in [-0.05, 0) is 49.7 Å². The molecule has 3 nitrogen and oxygen atoms in total. The van der Waals surface area contributed by atoms with E-state index in [0.29, 0.717) is 17.2 Å². The van der Waals surface area contributed by atoms with Crippen LogP contribution in [-0.4, -0.2) is 17.1 Å². The van der Waals surface area contributed by atoms with E-state index in [4.69, 9.17) is 0 Å². The van der Waals surface area contributed by atoms with Crippen molar-refractivity contribution in [3.8, 4) is 0 Å². The van der Waals surface area contributed by atoms with Crippen molar-refractivity contribution in [1.82, 2.24) is 4.57 Å². The number of hydrogen-bond acceptors (Lipinski definition) is 2. The lowest BCUT2D eigenvalue weighted by Crippen LogP contribution is -2.03. The van der Waals surface area contributed by atoms with Crippen LogP contribution in [0.25, 0.3) is 21.8 Å². The van der Waals surface area contributed by atoms with Gasteiger partial charge < -0.3 is 4.57 Å². The molecule has 1 heterocycles. The SMILES string of the molecule is CCC(C)n1c2ccc(C=O)cc2c2cc(C=O)ccc21. The van der Waals surface area contributed by atoms with Gasteiger partial charge in [-0.15, -0.1) is 0 Å². The zero-order valence-corrected chi connectivity index (χ0v) is 12.2. The van der Waals surface area contributed by atoms with Crippen molar-refractivity contribution in [2.24, 2.45) is 0 Å². The van der Waals surface area contributed by atoms with Crippen LogP contribution in [0, 0.1) is 0 Å². The molecule has 0 saturated heterocycles. The molecule has 0 aliphatic rings. The topological polar surface area (TPSA) is 39.1 Å². The molecule has 0 bridgehead atoms. The zero-order chi connectivity index (χ0) is 15.0. The summed E-state index contributed by atoms with van der Waals surface area (Å²) in [5, 5.41) is 2.05. The molecule has 1 atom stereocenters. The number of fused-ring (bicyclic) bond motifs is 3. The molecule has 0 spiro atoms. The highest BCUT2D eigenvalue weighted by Crippen LogP contribution is 2.33. The number of aromatic nitrogens is 1. The van der Waals surface area contributed by atoms with Crippen LogP contribution >= 0.6 is 0 Å². The Hall–Kier alpha value is -2.42. The first kappa shape index (κ1) is 13.6. The lowest BCUT2D eigenvalue weighted by molar-refractivity contribution is 0.111. The van der Waals surface area contributed by atoms with Crippen molar-refractivity contribution in [3.05, 3.63) is 47.5 Å². The van der Waals surface area contributed by atoms with E-state index in [-0.39, 0.29) is 0 Å². The summed E-state index contributed by atoms with van der Waals surface area (Å²) in [6.45, 7) is 4.34. The Morgan fingerprint density at radius 3 is 1.81 bits per heavy atom. The van der Waals surface area contributed by atoms with Crippen molar-refractivity contribution in [3.63, 3.8) is 0 Å². The number of nitrogens with zero attached hydrogens (tertiary/aromatic N) is 1. The number of rotatable bonds is 4. The number of hydrogen-bond donors (Lipinski definition) is 0. The summed E-state index contributed by atoms with van der Waals surface area (Å²) < 4.78 is 2.29. The minimum Gasteiger partial charge on any atom is -0.338 e. The van der Waals surface area contributed by atoms with E-state index in [2.05, 4.69) is 18.4 Å². The summed E-state index contributed by atoms with van der Waals surface area (Å²) in [5.74, 6) is 0. The first-order valence-corrected chi connectivity index (χ1v) is 7.17. The minimum absolute atomic E-state index is 0.356. The summed E-state index contributed by atoms with van der Waals surface area (Å²) in [6, 6.07) is 11.8. The first-order valence-electron chi connectivity index (χ1n) is 7.17. The third-order valence-corrected chi connectivity index (χ3v) is 4.15. The molecular weight excluding hydrogens is 262 g/mol. The average molecular weight is 279 g/mol. The van der Waals surface area contributed by atoms with E-state index in [1.54, 1.807) is 0 Å². The van der Waals surface area contributed by atoms with Gasteiger partial charge in [0.1, 0.15) is 12.6 Å². The number of carbonyl (C=O) groups excluding carboxylic acids is 2. The van der Waals surface area contributed by atoms with Gasteiger partial charge in [-0.2, -0.15) is 0 Å². The molecule has 3 aromatic rings. The van der Waals surface area contributed by atoms with E-state index in [1.807, 2.05) is 36.4 Å². The summed E-state index contributed by atoms with van der Waals surface area (Å²) in [7, 11) is 0. The molecular formula is C18H17NO2. The Labute approximate surface area is 123 Å². The van der Waals surface area contributed by atoms with Crippen molar-refractivity contribution < 1.29 is 9.59 Å². The van der Waals surface area contributed by atoms with Gasteiger partial charge in [-0.3, -0.25) is 9.59 Å². The van der Waals surface area contributed by atoms with Crippen molar-refractivity contribution >= 4 is 34.4 Å². The average Bonchev–Trinajstić information content (AvgIpc) is 2.86. The minimum atomic E-state index is 0.356. The van der Waals surface area contributed by atoms with Crippen LogP contribution in [0.3, 0.4) is 0 Å². The van der Waals surface area contributed by atoms with E-state index in [1.165, 1.54) is 0 Å². The monoisotopic (exact) mass is 279 g/mol. The van der Waals surface area contributed by atoms with E-state index < -0.39 is 0 Å². The second-order valence-electron chi connectivity index (χ2n) is 5.42. The van der Waals surface area contributed by atoms with Crippen LogP contribution in [0.15, 0.2) is 36.4 Å². The van der Waals surface area contributed by atoms with Gasteiger partial charge in [0.15, 0.2) is 0 Å². The first-order chi connectivity index (χ1) is 10.2. The van der Waals surface area contributed by atoms with E-state index >= 15 is 0 Å². The standard InChI is InChI=1S/C18H17NO2/c1-3-12(2)19-17-6-4-13(10-20)8-15(17)16-9-14(11-21)5-7-18(16)19/h4-12H,3H2,1-2H3. The van der Waals surface area contributed by atoms with Gasteiger partial charge in [0.2, 0.25) is 0 Å². The highest BCUT2D eigenvalue weighted by atomic mass is 16.1. The van der Waals surface area contributed by atoms with Crippen molar-refractivity contribution in [2.45, 2.75) is 26.3 Å². The molecule has 1 unspecified atom stereocenters. The normalized spacial score (nSPS) is 12.7. The largest absolute Gasteiger partial charge is 0.338 e. The molecule has 0 fully saturated rings. The number of benzene rings is 2. The molecule has 21 heavy (non-hydrogen) atoms. The van der Waals surface area contributed by atoms with Gasteiger partial charge in [-0.25, -0.2) is 0 Å². The summed E-state index contributed by atoms with van der Waals surface area (Å²) in [4.78, 5) is 22.1. The van der Waals surface area contributed by atoms with Crippen molar-refractivity contribution in [1.29, 1.82) is 0 Å². The van der Waals surface area contributed by atoms with E-state index in [0.717, 1.165) is 40.8 Å². The van der Waals surface area contributed by atoms with Crippen LogP contribution in [-0.2, 0) is 0 Å². The molecule has 0 aliphatic carbocycles. The maximum Gasteiger partial charge on any atom is 0.150 e. The molecule has 1 aromatic heterocycles. The number of carbonyl (C=O) groups is 2. The van der Waals surface area contributed by atoms with Crippen LogP contribution in [0.5, 0.6) is 0 Å². The maximum atomic E-state index is 11.0. The molecule has 3 rings (SSSR count). The third-order valence-electron chi connectivity index (χ3n) is 4.15. The second-order valence-corrected chi connectivity index (χ2v) is 5.42. The maximum absolute atomic E-state index is 11.0. The van der Waals surface area contributed by atoms with Gasteiger partial charge in [-0.1, -0.05) is 6.92 Å². The van der Waals surface area contributed by atoms with Gasteiger partial charge in [0.25, 0.3) is 0 Å².